The number of nitrogens with one attached hydrogen (secondary N) is 1. The molecule has 0 aliphatic carbocycles. The Hall–Kier alpha value is -1.13. The number of rotatable bonds is 8. The first-order valence-electron chi connectivity index (χ1n) is 11.6. The van der Waals surface area contributed by atoms with Crippen LogP contribution in [0.5, 0.6) is 0 Å². The summed E-state index contributed by atoms with van der Waals surface area (Å²) in [5.74, 6) is -0.661. The molecule has 11 N–H and O–H groups in total. The highest BCUT2D eigenvalue weighted by Crippen LogP contribution is 2.32. The zero-order valence-corrected chi connectivity index (χ0v) is 19.7. The third kappa shape index (κ3) is 6.38. The maximum absolute atomic E-state index is 11.7. The highest BCUT2D eigenvalue weighted by Gasteiger charge is 2.54. The minimum Gasteiger partial charge on any atom is -0.394 e. The summed E-state index contributed by atoms with van der Waals surface area (Å²) in [5, 5.41) is 103. The van der Waals surface area contributed by atoms with E-state index in [9.17, 15) is 55.9 Å². The van der Waals surface area contributed by atoms with Crippen LogP contribution in [0.1, 0.15) is 6.92 Å². The second-order valence-electron chi connectivity index (χ2n) is 9.07. The second kappa shape index (κ2) is 12.8. The molecule has 0 bridgehead atoms. The fourth-order valence-electron chi connectivity index (χ4n) is 4.43. The molecule has 0 radical (unpaired) electrons. The summed E-state index contributed by atoms with van der Waals surface area (Å²) in [4.78, 5) is 11.7. The average molecular weight is 545 g/mol. The van der Waals surface area contributed by atoms with Crippen LogP contribution < -0.4 is 5.32 Å². The van der Waals surface area contributed by atoms with Crippen molar-refractivity contribution in [2.45, 2.75) is 99.0 Å². The van der Waals surface area contributed by atoms with Gasteiger partial charge in [-0.1, -0.05) is 0 Å². The van der Waals surface area contributed by atoms with Crippen LogP contribution in [0.4, 0.5) is 0 Å². The number of ether oxygens (including phenoxy) is 5. The normalized spacial score (nSPS) is 49.0. The number of aliphatic hydroxyl groups is 10. The van der Waals surface area contributed by atoms with Gasteiger partial charge in [-0.05, 0) is 0 Å². The summed E-state index contributed by atoms with van der Waals surface area (Å²) >= 11 is 0. The lowest BCUT2D eigenvalue weighted by molar-refractivity contribution is -0.382. The van der Waals surface area contributed by atoms with Crippen LogP contribution in [0.25, 0.3) is 0 Å². The second-order valence-corrected chi connectivity index (χ2v) is 9.07. The molecule has 37 heavy (non-hydrogen) atoms. The van der Waals surface area contributed by atoms with Crippen LogP contribution in [0.2, 0.25) is 0 Å². The zero-order chi connectivity index (χ0) is 27.6. The van der Waals surface area contributed by atoms with Gasteiger partial charge < -0.3 is 80.1 Å². The fraction of sp³-hybridized carbons (Fsp3) is 0.950. The van der Waals surface area contributed by atoms with E-state index in [1.165, 1.54) is 0 Å². The van der Waals surface area contributed by atoms with E-state index in [2.05, 4.69) is 5.32 Å². The Balaban J connectivity index is 1.89. The van der Waals surface area contributed by atoms with Gasteiger partial charge >= 0.3 is 0 Å². The van der Waals surface area contributed by atoms with Gasteiger partial charge in [-0.15, -0.1) is 0 Å². The number of carbonyl (C=O) groups excluding carboxylic acids is 1. The molecule has 17 heteroatoms. The van der Waals surface area contributed by atoms with Crippen LogP contribution in [-0.4, -0.2) is 169 Å². The molecule has 3 saturated heterocycles. The summed E-state index contributed by atoms with van der Waals surface area (Å²) in [6.07, 6.45) is -23.6. The summed E-state index contributed by atoms with van der Waals surface area (Å²) in [6.45, 7) is -1.24. The number of hydrogen-bond acceptors (Lipinski definition) is 16. The molecule has 3 aliphatic heterocycles. The van der Waals surface area contributed by atoms with E-state index in [-0.39, 0.29) is 0 Å². The first kappa shape index (κ1) is 30.4. The predicted octanol–water partition coefficient (Wildman–Crippen LogP) is -7.43. The van der Waals surface area contributed by atoms with Crippen molar-refractivity contribution in [1.82, 2.24) is 5.32 Å². The average Bonchev–Trinajstić information content (AvgIpc) is 2.86. The summed E-state index contributed by atoms with van der Waals surface area (Å²) < 4.78 is 27.2. The van der Waals surface area contributed by atoms with Crippen molar-refractivity contribution in [3.63, 3.8) is 0 Å². The standard InChI is InChI=1S/C20H35NO16/c1-5(25)21-9-13(29)10(26)6(2-22)34-19(9)36-16-12(28)8(4-24)33-18(32)17(16)37-20-15(31)14(30)11(27)7(3-23)35-20/h6-20,22-24,26-32H,2-4H2,1H3,(H,21,25)/t6-,7-,8-,9-,10-,11-,12+,13-,14+,15-,16+,17-,18?,19-,20-/m1/s1. The Morgan fingerprint density at radius 3 is 1.68 bits per heavy atom. The molecule has 15 atom stereocenters. The molecule has 1 unspecified atom stereocenters. The minimum atomic E-state index is -1.95. The van der Waals surface area contributed by atoms with E-state index in [4.69, 9.17) is 23.7 Å². The molecule has 0 spiro atoms. The van der Waals surface area contributed by atoms with Crippen molar-refractivity contribution in [2.75, 3.05) is 19.8 Å². The first-order chi connectivity index (χ1) is 17.4. The summed E-state index contributed by atoms with van der Waals surface area (Å²) in [5.41, 5.74) is 0. The van der Waals surface area contributed by atoms with Gasteiger partial charge in [0.25, 0.3) is 0 Å². The molecule has 3 aliphatic rings. The highest BCUT2D eigenvalue weighted by molar-refractivity contribution is 5.73. The van der Waals surface area contributed by atoms with Crippen molar-refractivity contribution in [2.24, 2.45) is 0 Å². The molecule has 17 nitrogen and oxygen atoms in total. The van der Waals surface area contributed by atoms with Crippen molar-refractivity contribution < 1.29 is 79.5 Å². The third-order valence-corrected chi connectivity index (χ3v) is 6.50. The smallest absolute Gasteiger partial charge is 0.217 e. The van der Waals surface area contributed by atoms with E-state index in [1.54, 1.807) is 0 Å². The van der Waals surface area contributed by atoms with Gasteiger partial charge in [0.15, 0.2) is 18.9 Å². The van der Waals surface area contributed by atoms with E-state index in [0.29, 0.717) is 0 Å². The lowest BCUT2D eigenvalue weighted by Gasteiger charge is -2.48. The van der Waals surface area contributed by atoms with Gasteiger partial charge in [-0.3, -0.25) is 4.79 Å². The predicted molar refractivity (Wildman–Crippen MR) is 113 cm³/mol. The van der Waals surface area contributed by atoms with Crippen LogP contribution in [0.15, 0.2) is 0 Å². The quantitative estimate of drug-likeness (QED) is 0.135. The molecule has 3 rings (SSSR count). The maximum atomic E-state index is 11.7. The molecular formula is C20H35NO16. The van der Waals surface area contributed by atoms with Gasteiger partial charge in [0.1, 0.15) is 73.2 Å². The van der Waals surface area contributed by atoms with Gasteiger partial charge in [-0.2, -0.15) is 0 Å². The molecule has 0 aromatic carbocycles. The van der Waals surface area contributed by atoms with Crippen LogP contribution in [0.3, 0.4) is 0 Å². The van der Waals surface area contributed by atoms with Gasteiger partial charge in [0.2, 0.25) is 5.91 Å². The highest BCUT2D eigenvalue weighted by atomic mass is 16.8. The Kier molecular flexibility index (Phi) is 10.5. The first-order valence-corrected chi connectivity index (χ1v) is 11.6. The third-order valence-electron chi connectivity index (χ3n) is 6.50. The largest absolute Gasteiger partial charge is 0.394 e. The Bertz CT molecular complexity index is 745. The van der Waals surface area contributed by atoms with Crippen LogP contribution in [0, 0.1) is 0 Å². The molecule has 216 valence electrons. The van der Waals surface area contributed by atoms with Crippen molar-refractivity contribution in [3.05, 3.63) is 0 Å². The lowest BCUT2D eigenvalue weighted by Crippen LogP contribution is -2.68. The van der Waals surface area contributed by atoms with Gasteiger partial charge in [-0.25, -0.2) is 0 Å². The summed E-state index contributed by atoms with van der Waals surface area (Å²) in [7, 11) is 0. The monoisotopic (exact) mass is 545 g/mol. The topological polar surface area (TPSA) is 278 Å². The van der Waals surface area contributed by atoms with E-state index >= 15 is 0 Å². The van der Waals surface area contributed by atoms with Gasteiger partial charge in [0, 0.05) is 6.92 Å². The summed E-state index contributed by atoms with van der Waals surface area (Å²) in [6, 6.07) is -1.44. The van der Waals surface area contributed by atoms with Gasteiger partial charge in [0.05, 0.1) is 19.8 Å². The van der Waals surface area contributed by atoms with Crippen molar-refractivity contribution in [1.29, 1.82) is 0 Å². The Morgan fingerprint density at radius 1 is 0.649 bits per heavy atom. The molecule has 3 fully saturated rings. The molecule has 0 aromatic rings. The lowest BCUT2D eigenvalue weighted by atomic mass is 9.95. The Morgan fingerprint density at radius 2 is 1.14 bits per heavy atom. The number of amides is 1. The van der Waals surface area contributed by atoms with E-state index < -0.39 is 118 Å². The minimum absolute atomic E-state index is 0.661. The molecule has 1 amide bonds. The van der Waals surface area contributed by atoms with Crippen LogP contribution >= 0.6 is 0 Å². The van der Waals surface area contributed by atoms with Crippen molar-refractivity contribution in [3.8, 4) is 0 Å². The number of aliphatic hydroxyl groups excluding tert-OH is 10. The SMILES string of the molecule is CC(=O)N[C@H]1[C@@H](O[C@H]2[C@@H](O)[C@@H](CO)OC(O)[C@@H]2O[C@H]2O[C@H](CO)[C@@H](O)[C@H](O)[C@H]2O)O[C@H](CO)[C@@H](O)[C@@H]1O. The molecular weight excluding hydrogens is 510 g/mol. The fourth-order valence-corrected chi connectivity index (χ4v) is 4.43. The maximum Gasteiger partial charge on any atom is 0.217 e. The molecule has 0 aromatic heterocycles. The Labute approximate surface area is 210 Å². The van der Waals surface area contributed by atoms with E-state index in [1.807, 2.05) is 0 Å². The number of hydrogen-bond donors (Lipinski definition) is 11. The van der Waals surface area contributed by atoms with Crippen molar-refractivity contribution >= 4 is 5.91 Å². The van der Waals surface area contributed by atoms with E-state index in [0.717, 1.165) is 6.92 Å². The molecule has 0 saturated carbocycles. The van der Waals surface area contributed by atoms with Crippen LogP contribution in [-0.2, 0) is 28.5 Å². The number of carbonyl (C=O) groups is 1. The molecule has 3 heterocycles. The zero-order valence-electron chi connectivity index (χ0n) is 19.7.